The maximum atomic E-state index is 13.2. The van der Waals surface area contributed by atoms with Crippen LogP contribution in [0.2, 0.25) is 0 Å². The van der Waals surface area contributed by atoms with Crippen LogP contribution in [0, 0.1) is 27.7 Å². The van der Waals surface area contributed by atoms with Gasteiger partial charge in [-0.15, -0.1) is 11.3 Å². The Kier molecular flexibility index (Phi) is 7.91. The summed E-state index contributed by atoms with van der Waals surface area (Å²) >= 11 is 2.82. The van der Waals surface area contributed by atoms with Crippen LogP contribution < -0.4 is 10.9 Å². The van der Waals surface area contributed by atoms with Crippen molar-refractivity contribution in [2.24, 2.45) is 0 Å². The molecule has 6 nitrogen and oxygen atoms in total. The van der Waals surface area contributed by atoms with Gasteiger partial charge in [0.1, 0.15) is 4.83 Å². The fourth-order valence-electron chi connectivity index (χ4n) is 3.46. The molecule has 3 aromatic rings. The first-order valence-electron chi connectivity index (χ1n) is 10.4. The Labute approximate surface area is 191 Å². The average molecular weight is 460 g/mol. The van der Waals surface area contributed by atoms with E-state index in [1.807, 2.05) is 46.8 Å². The third-order valence-electron chi connectivity index (χ3n) is 4.97. The standard InChI is InChI=1S/C23H29N3O3S2/c1-6-29-9-7-8-26-22(28)20-16(4)17(5)31-21(20)25-23(26)30-13-19(27)24-18-11-14(2)10-15(3)12-18/h10-12H,6-9,13H2,1-5H3,(H,24,27). The molecule has 0 fully saturated rings. The first kappa shape index (κ1) is 23.5. The summed E-state index contributed by atoms with van der Waals surface area (Å²) in [5, 5.41) is 4.20. The zero-order chi connectivity index (χ0) is 22.5. The van der Waals surface area contributed by atoms with Gasteiger partial charge in [0, 0.05) is 30.3 Å². The molecule has 0 aliphatic rings. The van der Waals surface area contributed by atoms with Crippen molar-refractivity contribution in [3.63, 3.8) is 0 Å². The number of thiophene rings is 1. The molecule has 31 heavy (non-hydrogen) atoms. The van der Waals surface area contributed by atoms with Crippen LogP contribution in [-0.2, 0) is 16.1 Å². The third kappa shape index (κ3) is 5.75. The lowest BCUT2D eigenvalue weighted by Crippen LogP contribution is -2.25. The molecule has 166 valence electrons. The normalized spacial score (nSPS) is 11.3. The molecule has 1 N–H and O–H groups in total. The smallest absolute Gasteiger partial charge is 0.263 e. The van der Waals surface area contributed by atoms with Gasteiger partial charge in [0.05, 0.1) is 11.1 Å². The Morgan fingerprint density at radius 1 is 1.19 bits per heavy atom. The minimum atomic E-state index is -0.122. The number of anilines is 1. The summed E-state index contributed by atoms with van der Waals surface area (Å²) in [6.45, 7) is 11.7. The Hall–Kier alpha value is -2.16. The van der Waals surface area contributed by atoms with E-state index in [1.165, 1.54) is 23.1 Å². The number of aromatic nitrogens is 2. The van der Waals surface area contributed by atoms with E-state index in [9.17, 15) is 9.59 Å². The molecule has 0 aliphatic carbocycles. The van der Waals surface area contributed by atoms with Crippen LogP contribution in [0.5, 0.6) is 0 Å². The van der Waals surface area contributed by atoms with Crippen molar-refractivity contribution in [3.05, 3.63) is 50.1 Å². The molecule has 2 aromatic heterocycles. The molecule has 8 heteroatoms. The summed E-state index contributed by atoms with van der Waals surface area (Å²) in [7, 11) is 0. The van der Waals surface area contributed by atoms with Gasteiger partial charge in [0.2, 0.25) is 5.91 Å². The highest BCUT2D eigenvalue weighted by atomic mass is 32.2. The molecule has 0 atom stereocenters. The second-order valence-electron chi connectivity index (χ2n) is 7.58. The van der Waals surface area contributed by atoms with E-state index in [4.69, 9.17) is 9.72 Å². The van der Waals surface area contributed by atoms with Gasteiger partial charge in [-0.3, -0.25) is 14.2 Å². The fourth-order valence-corrected chi connectivity index (χ4v) is 5.35. The Morgan fingerprint density at radius 2 is 1.90 bits per heavy atom. The number of carbonyl (C=O) groups excluding carboxylic acids is 1. The van der Waals surface area contributed by atoms with Crippen molar-refractivity contribution in [2.75, 3.05) is 24.3 Å². The highest BCUT2D eigenvalue weighted by molar-refractivity contribution is 7.99. The van der Waals surface area contributed by atoms with Crippen molar-refractivity contribution >= 4 is 44.9 Å². The van der Waals surface area contributed by atoms with Gasteiger partial charge in [-0.2, -0.15) is 0 Å². The van der Waals surface area contributed by atoms with Crippen LogP contribution in [0.3, 0.4) is 0 Å². The van der Waals surface area contributed by atoms with Gasteiger partial charge in [-0.05, 0) is 69.9 Å². The highest BCUT2D eigenvalue weighted by Gasteiger charge is 2.17. The van der Waals surface area contributed by atoms with Crippen LogP contribution in [0.25, 0.3) is 10.2 Å². The SMILES string of the molecule is CCOCCCn1c(SCC(=O)Nc2cc(C)cc(C)c2)nc2sc(C)c(C)c2c1=O. The van der Waals surface area contributed by atoms with Gasteiger partial charge >= 0.3 is 0 Å². The van der Waals surface area contributed by atoms with Gasteiger partial charge < -0.3 is 10.1 Å². The molecule has 0 aliphatic heterocycles. The fraction of sp³-hybridized carbons (Fsp3) is 0.435. The number of hydrogen-bond donors (Lipinski definition) is 1. The summed E-state index contributed by atoms with van der Waals surface area (Å²) in [6.07, 6.45) is 0.714. The lowest BCUT2D eigenvalue weighted by molar-refractivity contribution is -0.113. The van der Waals surface area contributed by atoms with Crippen LogP contribution >= 0.6 is 23.1 Å². The van der Waals surface area contributed by atoms with Crippen LogP contribution in [0.1, 0.15) is 34.9 Å². The lowest BCUT2D eigenvalue weighted by atomic mass is 10.1. The van der Waals surface area contributed by atoms with Crippen molar-refractivity contribution < 1.29 is 9.53 Å². The quantitative estimate of drug-likeness (QED) is 0.281. The van der Waals surface area contributed by atoms with Gasteiger partial charge in [0.15, 0.2) is 5.16 Å². The van der Waals surface area contributed by atoms with Gasteiger partial charge in [-0.25, -0.2) is 4.98 Å². The van der Waals surface area contributed by atoms with E-state index >= 15 is 0 Å². The average Bonchev–Trinajstić information content (AvgIpc) is 2.98. The number of carbonyl (C=O) groups is 1. The van der Waals surface area contributed by atoms with E-state index in [0.717, 1.165) is 32.1 Å². The summed E-state index contributed by atoms with van der Waals surface area (Å²) in [6, 6.07) is 5.96. The molecule has 1 amide bonds. The number of benzene rings is 1. The molecule has 0 saturated heterocycles. The number of nitrogens with zero attached hydrogens (tertiary/aromatic N) is 2. The van der Waals surface area contributed by atoms with Crippen LogP contribution in [0.15, 0.2) is 28.2 Å². The molecule has 2 heterocycles. The summed E-state index contributed by atoms with van der Waals surface area (Å²) < 4.78 is 7.12. The Balaban J connectivity index is 1.82. The van der Waals surface area contributed by atoms with E-state index in [2.05, 4.69) is 11.4 Å². The largest absolute Gasteiger partial charge is 0.382 e. The highest BCUT2D eigenvalue weighted by Crippen LogP contribution is 2.28. The zero-order valence-corrected chi connectivity index (χ0v) is 20.3. The number of nitrogens with one attached hydrogen (secondary N) is 1. The number of fused-ring (bicyclic) bond motifs is 1. The predicted molar refractivity (Wildman–Crippen MR) is 130 cm³/mol. The number of rotatable bonds is 9. The number of hydrogen-bond acceptors (Lipinski definition) is 6. The first-order chi connectivity index (χ1) is 14.8. The Bertz CT molecular complexity index is 1130. The monoisotopic (exact) mass is 459 g/mol. The maximum absolute atomic E-state index is 13.2. The maximum Gasteiger partial charge on any atom is 0.263 e. The second kappa shape index (κ2) is 10.4. The molecule has 0 spiro atoms. The zero-order valence-electron chi connectivity index (χ0n) is 18.7. The molecule has 0 saturated carbocycles. The summed E-state index contributed by atoms with van der Waals surface area (Å²) in [5.41, 5.74) is 3.93. The molecule has 0 radical (unpaired) electrons. The lowest BCUT2D eigenvalue weighted by Gasteiger charge is -2.12. The summed E-state index contributed by atoms with van der Waals surface area (Å²) in [5.74, 6) is 0.0588. The van der Waals surface area contributed by atoms with Crippen LogP contribution in [0.4, 0.5) is 5.69 Å². The second-order valence-corrected chi connectivity index (χ2v) is 9.72. The molecular weight excluding hydrogens is 430 g/mol. The molecule has 1 aromatic carbocycles. The molecular formula is C23H29N3O3S2. The van der Waals surface area contributed by atoms with Crippen LogP contribution in [-0.4, -0.2) is 34.4 Å². The molecule has 0 bridgehead atoms. The topological polar surface area (TPSA) is 73.2 Å². The van der Waals surface area contributed by atoms with E-state index in [-0.39, 0.29) is 17.2 Å². The minimum Gasteiger partial charge on any atom is -0.382 e. The van der Waals surface area contributed by atoms with Crippen molar-refractivity contribution in [2.45, 2.75) is 52.7 Å². The van der Waals surface area contributed by atoms with E-state index in [1.54, 1.807) is 4.57 Å². The first-order valence-corrected chi connectivity index (χ1v) is 12.2. The number of thioether (sulfide) groups is 1. The van der Waals surface area contributed by atoms with Crippen molar-refractivity contribution in [1.29, 1.82) is 0 Å². The summed E-state index contributed by atoms with van der Waals surface area (Å²) in [4.78, 5) is 32.4. The van der Waals surface area contributed by atoms with Gasteiger partial charge in [-0.1, -0.05) is 17.8 Å². The number of aryl methyl sites for hydroxylation is 4. The number of ether oxygens (including phenoxy) is 1. The molecule has 3 rings (SSSR count). The van der Waals surface area contributed by atoms with Crippen molar-refractivity contribution in [1.82, 2.24) is 9.55 Å². The minimum absolute atomic E-state index is 0.0411. The van der Waals surface area contributed by atoms with E-state index in [0.29, 0.717) is 36.7 Å². The van der Waals surface area contributed by atoms with Gasteiger partial charge in [0.25, 0.3) is 5.56 Å². The van der Waals surface area contributed by atoms with E-state index < -0.39 is 0 Å². The third-order valence-corrected chi connectivity index (χ3v) is 7.04. The Morgan fingerprint density at radius 3 is 2.58 bits per heavy atom. The predicted octanol–water partition coefficient (Wildman–Crippen LogP) is 4.85. The van der Waals surface area contributed by atoms with Crippen molar-refractivity contribution in [3.8, 4) is 0 Å². The molecule has 0 unspecified atom stereocenters. The number of amides is 1.